The van der Waals surface area contributed by atoms with Crippen LogP contribution in [0, 0.1) is 0 Å². The number of para-hydroxylation sites is 1. The molecule has 0 aliphatic rings. The third-order valence-corrected chi connectivity index (χ3v) is 2.87. The van der Waals surface area contributed by atoms with Gasteiger partial charge in [-0.15, -0.1) is 0 Å². The van der Waals surface area contributed by atoms with E-state index in [1.54, 1.807) is 12.5 Å². The average molecular weight is 209 g/mol. The highest BCUT2D eigenvalue weighted by Crippen LogP contribution is 2.27. The van der Waals surface area contributed by atoms with Crippen molar-refractivity contribution in [2.45, 2.75) is 0 Å². The molecule has 1 aromatic carbocycles. The van der Waals surface area contributed by atoms with Gasteiger partial charge in [-0.3, -0.25) is 4.40 Å². The molecule has 0 aliphatic heterocycles. The first-order valence-electron chi connectivity index (χ1n) is 5.03. The summed E-state index contributed by atoms with van der Waals surface area (Å²) < 4.78 is 7.10. The van der Waals surface area contributed by atoms with E-state index in [-0.39, 0.29) is 0 Å². The molecule has 0 N–H and O–H groups in total. The average Bonchev–Trinajstić information content (AvgIpc) is 2.98. The quantitative estimate of drug-likeness (QED) is 0.447. The molecule has 4 heteroatoms. The number of benzene rings is 1. The lowest BCUT2D eigenvalue weighted by atomic mass is 10.1. The van der Waals surface area contributed by atoms with Crippen LogP contribution in [0.25, 0.3) is 27.5 Å². The zero-order valence-electron chi connectivity index (χ0n) is 8.29. The van der Waals surface area contributed by atoms with E-state index < -0.39 is 0 Å². The van der Waals surface area contributed by atoms with Gasteiger partial charge < -0.3 is 4.52 Å². The summed E-state index contributed by atoms with van der Waals surface area (Å²) in [5, 5.41) is 6.08. The fourth-order valence-corrected chi connectivity index (χ4v) is 2.17. The number of hydrogen-bond acceptors (Lipinski definition) is 3. The van der Waals surface area contributed by atoms with E-state index in [2.05, 4.69) is 20.6 Å². The van der Waals surface area contributed by atoms with Crippen LogP contribution in [0.15, 0.2) is 47.4 Å². The van der Waals surface area contributed by atoms with Gasteiger partial charge in [0.2, 0.25) is 0 Å². The van der Waals surface area contributed by atoms with Crippen LogP contribution >= 0.6 is 0 Å². The zero-order chi connectivity index (χ0) is 10.5. The van der Waals surface area contributed by atoms with Crippen LogP contribution in [0.4, 0.5) is 0 Å². The Hall–Kier alpha value is -2.36. The summed E-state index contributed by atoms with van der Waals surface area (Å²) in [6.45, 7) is 0. The highest BCUT2D eigenvalue weighted by molar-refractivity contribution is 6.08. The summed E-state index contributed by atoms with van der Waals surface area (Å²) in [7, 11) is 0. The first-order valence-corrected chi connectivity index (χ1v) is 5.03. The molecule has 0 radical (unpaired) electrons. The molecule has 0 amide bonds. The van der Waals surface area contributed by atoms with Crippen LogP contribution in [0.3, 0.4) is 0 Å². The van der Waals surface area contributed by atoms with Crippen LogP contribution in [0.5, 0.6) is 0 Å². The monoisotopic (exact) mass is 209 g/mol. The lowest BCUT2D eigenvalue weighted by molar-refractivity contribution is 0.429. The predicted octanol–water partition coefficient (Wildman–Crippen LogP) is 2.63. The molecular formula is C12H7N3O. The molecule has 0 unspecified atom stereocenters. The molecule has 0 saturated carbocycles. The van der Waals surface area contributed by atoms with Crippen molar-refractivity contribution in [2.75, 3.05) is 0 Å². The second-order valence-corrected chi connectivity index (χ2v) is 3.71. The topological polar surface area (TPSA) is 43.3 Å². The molecule has 0 atom stereocenters. The van der Waals surface area contributed by atoms with E-state index in [0.29, 0.717) is 0 Å². The molecule has 4 nitrogen and oxygen atoms in total. The van der Waals surface area contributed by atoms with Crippen molar-refractivity contribution in [3.63, 3.8) is 0 Å². The van der Waals surface area contributed by atoms with Gasteiger partial charge in [0.1, 0.15) is 17.4 Å². The van der Waals surface area contributed by atoms with Gasteiger partial charge >= 0.3 is 0 Å². The van der Waals surface area contributed by atoms with Gasteiger partial charge in [0.15, 0.2) is 0 Å². The van der Waals surface area contributed by atoms with Gasteiger partial charge in [-0.05, 0) is 6.07 Å². The Labute approximate surface area is 90.1 Å². The second kappa shape index (κ2) is 2.61. The second-order valence-electron chi connectivity index (χ2n) is 3.71. The Balaban J connectivity index is 2.51. The number of rotatable bonds is 0. The van der Waals surface area contributed by atoms with E-state index in [1.165, 1.54) is 0 Å². The van der Waals surface area contributed by atoms with E-state index in [4.69, 9.17) is 4.52 Å². The van der Waals surface area contributed by atoms with Crippen molar-refractivity contribution in [3.05, 3.63) is 42.9 Å². The maximum absolute atomic E-state index is 5.05. The van der Waals surface area contributed by atoms with E-state index in [0.717, 1.165) is 27.5 Å². The lowest BCUT2D eigenvalue weighted by Crippen LogP contribution is -1.88. The third kappa shape index (κ3) is 0.798. The van der Waals surface area contributed by atoms with Crippen LogP contribution in [-0.4, -0.2) is 14.5 Å². The van der Waals surface area contributed by atoms with Gasteiger partial charge in [0.05, 0.1) is 10.9 Å². The number of aromatic nitrogens is 3. The Kier molecular flexibility index (Phi) is 1.28. The minimum atomic E-state index is 0.870. The van der Waals surface area contributed by atoms with Gasteiger partial charge in [0.25, 0.3) is 0 Å². The lowest BCUT2D eigenvalue weighted by Gasteiger charge is -2.02. The van der Waals surface area contributed by atoms with Gasteiger partial charge in [0, 0.05) is 17.8 Å². The van der Waals surface area contributed by atoms with E-state index in [9.17, 15) is 0 Å². The summed E-state index contributed by atoms with van der Waals surface area (Å²) in [6, 6.07) is 8.10. The van der Waals surface area contributed by atoms with Crippen molar-refractivity contribution < 1.29 is 4.52 Å². The highest BCUT2D eigenvalue weighted by atomic mass is 16.5. The molecule has 76 valence electrons. The maximum Gasteiger partial charge on any atom is 0.150 e. The Morgan fingerprint density at radius 1 is 1.12 bits per heavy atom. The largest absolute Gasteiger partial charge is 0.363 e. The van der Waals surface area contributed by atoms with Crippen LogP contribution < -0.4 is 0 Å². The fraction of sp³-hybridized carbons (Fsp3) is 0. The SMILES string of the molecule is c1ccc2c(c1)c1nocc1c1nccn21. The molecule has 0 bridgehead atoms. The normalized spacial score (nSPS) is 11.8. The third-order valence-electron chi connectivity index (χ3n) is 2.87. The first-order chi connectivity index (χ1) is 7.95. The minimum Gasteiger partial charge on any atom is -0.363 e. The molecular weight excluding hydrogens is 202 g/mol. The zero-order valence-corrected chi connectivity index (χ0v) is 8.29. The van der Waals surface area contributed by atoms with Crippen LogP contribution in [-0.2, 0) is 0 Å². The number of hydrogen-bond donors (Lipinski definition) is 0. The standard InChI is InChI=1S/C12H7N3O/c1-2-4-10-8(3-1)11-9(7-16-14-11)12-13-5-6-15(10)12/h1-7H. The van der Waals surface area contributed by atoms with E-state index >= 15 is 0 Å². The summed E-state index contributed by atoms with van der Waals surface area (Å²) in [4.78, 5) is 4.33. The Bertz CT molecular complexity index is 744. The molecule has 0 aliphatic carbocycles. The molecule has 0 fully saturated rings. The van der Waals surface area contributed by atoms with Crippen molar-refractivity contribution in [2.24, 2.45) is 0 Å². The maximum atomic E-state index is 5.05. The molecule has 3 heterocycles. The number of pyridine rings is 1. The molecule has 16 heavy (non-hydrogen) atoms. The Morgan fingerprint density at radius 2 is 2.06 bits per heavy atom. The first kappa shape index (κ1) is 7.87. The van der Waals surface area contributed by atoms with Gasteiger partial charge in [-0.1, -0.05) is 23.4 Å². The number of fused-ring (bicyclic) bond motifs is 6. The summed E-state index contributed by atoms with van der Waals surface area (Å²) >= 11 is 0. The van der Waals surface area contributed by atoms with Gasteiger partial charge in [-0.25, -0.2) is 4.98 Å². The highest BCUT2D eigenvalue weighted by Gasteiger charge is 2.11. The molecule has 3 aromatic heterocycles. The number of nitrogens with zero attached hydrogens (tertiary/aromatic N) is 3. The van der Waals surface area contributed by atoms with Crippen LogP contribution in [0.2, 0.25) is 0 Å². The molecule has 4 aromatic rings. The Morgan fingerprint density at radius 3 is 3.06 bits per heavy atom. The van der Waals surface area contributed by atoms with Crippen molar-refractivity contribution >= 4 is 27.5 Å². The summed E-state index contributed by atoms with van der Waals surface area (Å²) in [5.74, 6) is 0. The van der Waals surface area contributed by atoms with Crippen LogP contribution in [0.1, 0.15) is 0 Å². The van der Waals surface area contributed by atoms with Crippen molar-refractivity contribution in [3.8, 4) is 0 Å². The molecule has 0 saturated heterocycles. The number of imidazole rings is 1. The fourth-order valence-electron chi connectivity index (χ4n) is 2.17. The van der Waals surface area contributed by atoms with Gasteiger partial charge in [-0.2, -0.15) is 0 Å². The molecule has 0 spiro atoms. The minimum absolute atomic E-state index is 0.870. The predicted molar refractivity (Wildman–Crippen MR) is 60.3 cm³/mol. The van der Waals surface area contributed by atoms with Crippen molar-refractivity contribution in [1.82, 2.24) is 14.5 Å². The summed E-state index contributed by atoms with van der Waals surface area (Å²) in [5.41, 5.74) is 2.85. The smallest absolute Gasteiger partial charge is 0.150 e. The van der Waals surface area contributed by atoms with Crippen molar-refractivity contribution in [1.29, 1.82) is 0 Å². The van der Waals surface area contributed by atoms with E-state index in [1.807, 2.05) is 24.4 Å². The molecule has 4 rings (SSSR count). The summed E-state index contributed by atoms with van der Waals surface area (Å²) in [6.07, 6.45) is 5.38.